The monoisotopic (exact) mass is 223 g/mol. The minimum Gasteiger partial charge on any atom is -0.380 e. The van der Waals surface area contributed by atoms with Crippen molar-refractivity contribution in [3.63, 3.8) is 0 Å². The maximum Gasteiger partial charge on any atom is 0.0792 e. The number of ether oxygens (including phenoxy) is 1. The zero-order valence-corrected chi connectivity index (χ0v) is 10.0. The Morgan fingerprint density at radius 1 is 1.40 bits per heavy atom. The molecule has 3 heteroatoms. The minimum atomic E-state index is 0.469. The smallest absolute Gasteiger partial charge is 0.0792 e. The molecule has 2 nitrogen and oxygen atoms in total. The van der Waals surface area contributed by atoms with Crippen molar-refractivity contribution >= 4 is 11.8 Å². The normalized spacial score (nSPS) is 25.7. The molecule has 0 amide bonds. The van der Waals surface area contributed by atoms with Gasteiger partial charge < -0.3 is 4.74 Å². The van der Waals surface area contributed by atoms with Crippen molar-refractivity contribution < 1.29 is 4.74 Å². The van der Waals surface area contributed by atoms with E-state index in [0.29, 0.717) is 18.0 Å². The van der Waals surface area contributed by atoms with Gasteiger partial charge >= 0.3 is 0 Å². The molecule has 1 heterocycles. The zero-order chi connectivity index (χ0) is 10.7. The molecule has 0 aromatic heterocycles. The Hall–Kier alpha value is -0.510. The summed E-state index contributed by atoms with van der Waals surface area (Å²) in [7, 11) is 1.73. The Kier molecular flexibility index (Phi) is 3.67. The fraction of sp³-hybridized carbons (Fsp3) is 0.500. The highest BCUT2D eigenvalue weighted by Crippen LogP contribution is 2.32. The maximum absolute atomic E-state index is 5.09. The highest BCUT2D eigenvalue weighted by molar-refractivity contribution is 7.99. The first kappa shape index (κ1) is 11.0. The van der Waals surface area contributed by atoms with Crippen LogP contribution in [0.15, 0.2) is 24.3 Å². The third-order valence-corrected chi connectivity index (χ3v) is 3.98. The molecule has 0 saturated carbocycles. The summed E-state index contributed by atoms with van der Waals surface area (Å²) in [6, 6.07) is 9.29. The molecule has 1 aliphatic heterocycles. The molecule has 1 aliphatic rings. The van der Waals surface area contributed by atoms with E-state index in [-0.39, 0.29) is 0 Å². The largest absolute Gasteiger partial charge is 0.380 e. The standard InChI is InChI=1S/C12H17NOS/c1-9-8-15-12(13-9)11-5-3-10(4-6-11)7-14-2/h3-6,9,12-13H,7-8H2,1-2H3. The van der Waals surface area contributed by atoms with Gasteiger partial charge in [-0.1, -0.05) is 24.3 Å². The number of hydrogen-bond donors (Lipinski definition) is 1. The average molecular weight is 223 g/mol. The van der Waals surface area contributed by atoms with Crippen LogP contribution in [-0.4, -0.2) is 18.9 Å². The number of rotatable bonds is 3. The first-order valence-corrected chi connectivity index (χ1v) is 6.30. The van der Waals surface area contributed by atoms with Gasteiger partial charge in [-0.15, -0.1) is 11.8 Å². The molecule has 2 unspecified atom stereocenters. The van der Waals surface area contributed by atoms with E-state index in [2.05, 4.69) is 36.5 Å². The van der Waals surface area contributed by atoms with Gasteiger partial charge in [0, 0.05) is 18.9 Å². The molecule has 2 rings (SSSR count). The maximum atomic E-state index is 5.09. The van der Waals surface area contributed by atoms with Crippen LogP contribution in [0.3, 0.4) is 0 Å². The fourth-order valence-corrected chi connectivity index (χ4v) is 3.00. The Labute approximate surface area is 95.4 Å². The lowest BCUT2D eigenvalue weighted by Gasteiger charge is -2.11. The van der Waals surface area contributed by atoms with Crippen molar-refractivity contribution in [1.82, 2.24) is 5.32 Å². The summed E-state index contributed by atoms with van der Waals surface area (Å²) < 4.78 is 5.09. The number of nitrogens with one attached hydrogen (secondary N) is 1. The quantitative estimate of drug-likeness (QED) is 0.851. The van der Waals surface area contributed by atoms with Crippen LogP contribution >= 0.6 is 11.8 Å². The molecule has 0 aliphatic carbocycles. The Morgan fingerprint density at radius 2 is 2.13 bits per heavy atom. The molecule has 0 radical (unpaired) electrons. The van der Waals surface area contributed by atoms with Gasteiger partial charge in [-0.3, -0.25) is 5.32 Å². The van der Waals surface area contributed by atoms with E-state index in [0.717, 1.165) is 0 Å². The molecule has 2 atom stereocenters. The summed E-state index contributed by atoms with van der Waals surface area (Å²) in [6.07, 6.45) is 0. The average Bonchev–Trinajstić information content (AvgIpc) is 2.67. The molecule has 0 bridgehead atoms. The van der Waals surface area contributed by atoms with Crippen molar-refractivity contribution in [2.24, 2.45) is 0 Å². The fourth-order valence-electron chi connectivity index (χ4n) is 1.74. The highest BCUT2D eigenvalue weighted by atomic mass is 32.2. The lowest BCUT2D eigenvalue weighted by molar-refractivity contribution is 0.185. The molecule has 1 fully saturated rings. The molecule has 15 heavy (non-hydrogen) atoms. The SMILES string of the molecule is COCc1ccc(C2NC(C)CS2)cc1. The van der Waals surface area contributed by atoms with Gasteiger partial charge in [0.15, 0.2) is 0 Å². The summed E-state index contributed by atoms with van der Waals surface area (Å²) in [5.41, 5.74) is 2.60. The van der Waals surface area contributed by atoms with Gasteiger partial charge in [-0.2, -0.15) is 0 Å². The van der Waals surface area contributed by atoms with Crippen LogP contribution < -0.4 is 5.32 Å². The van der Waals surface area contributed by atoms with E-state index < -0.39 is 0 Å². The topological polar surface area (TPSA) is 21.3 Å². The van der Waals surface area contributed by atoms with E-state index in [1.54, 1.807) is 7.11 Å². The van der Waals surface area contributed by atoms with Crippen LogP contribution in [0.5, 0.6) is 0 Å². The van der Waals surface area contributed by atoms with E-state index in [1.807, 2.05) is 11.8 Å². The summed E-state index contributed by atoms with van der Waals surface area (Å²) in [4.78, 5) is 0. The van der Waals surface area contributed by atoms with E-state index in [4.69, 9.17) is 4.74 Å². The van der Waals surface area contributed by atoms with Crippen molar-refractivity contribution in [3.8, 4) is 0 Å². The Balaban J connectivity index is 2.03. The van der Waals surface area contributed by atoms with Gasteiger partial charge in [0.2, 0.25) is 0 Å². The summed E-state index contributed by atoms with van der Waals surface area (Å²) in [6.45, 7) is 2.92. The van der Waals surface area contributed by atoms with E-state index in [1.165, 1.54) is 16.9 Å². The zero-order valence-electron chi connectivity index (χ0n) is 9.19. The van der Waals surface area contributed by atoms with Crippen molar-refractivity contribution in [3.05, 3.63) is 35.4 Å². The van der Waals surface area contributed by atoms with E-state index >= 15 is 0 Å². The van der Waals surface area contributed by atoms with Crippen molar-refractivity contribution in [1.29, 1.82) is 0 Å². The Bertz CT molecular complexity index is 312. The first-order valence-electron chi connectivity index (χ1n) is 5.25. The van der Waals surface area contributed by atoms with Crippen LogP contribution in [0.4, 0.5) is 0 Å². The van der Waals surface area contributed by atoms with Gasteiger partial charge in [0.1, 0.15) is 0 Å². The molecule has 1 N–H and O–H groups in total. The van der Waals surface area contributed by atoms with Crippen LogP contribution in [0, 0.1) is 0 Å². The lowest BCUT2D eigenvalue weighted by Crippen LogP contribution is -2.21. The lowest BCUT2D eigenvalue weighted by atomic mass is 10.1. The molecular formula is C12H17NOS. The number of methoxy groups -OCH3 is 1. The second kappa shape index (κ2) is 5.01. The molecule has 82 valence electrons. The minimum absolute atomic E-state index is 0.469. The predicted molar refractivity (Wildman–Crippen MR) is 65.0 cm³/mol. The third kappa shape index (κ3) is 2.74. The van der Waals surface area contributed by atoms with Crippen LogP contribution in [0.1, 0.15) is 23.4 Å². The second-order valence-corrected chi connectivity index (χ2v) is 5.09. The number of benzene rings is 1. The molecule has 1 aromatic carbocycles. The molecular weight excluding hydrogens is 206 g/mol. The third-order valence-electron chi connectivity index (χ3n) is 2.54. The summed E-state index contributed by atoms with van der Waals surface area (Å²) in [5, 5.41) is 4.02. The van der Waals surface area contributed by atoms with Crippen molar-refractivity contribution in [2.75, 3.05) is 12.9 Å². The summed E-state index contributed by atoms with van der Waals surface area (Å²) >= 11 is 1.98. The summed E-state index contributed by atoms with van der Waals surface area (Å²) in [5.74, 6) is 1.20. The highest BCUT2D eigenvalue weighted by Gasteiger charge is 2.21. The molecule has 1 saturated heterocycles. The predicted octanol–water partition coefficient (Wildman–Crippen LogP) is 2.56. The van der Waals surface area contributed by atoms with Crippen LogP contribution in [0.25, 0.3) is 0 Å². The molecule has 1 aromatic rings. The first-order chi connectivity index (χ1) is 7.29. The number of thioether (sulfide) groups is 1. The van der Waals surface area contributed by atoms with Crippen LogP contribution in [-0.2, 0) is 11.3 Å². The van der Waals surface area contributed by atoms with Gasteiger partial charge in [-0.05, 0) is 18.1 Å². The van der Waals surface area contributed by atoms with Crippen molar-refractivity contribution in [2.45, 2.75) is 24.9 Å². The van der Waals surface area contributed by atoms with Gasteiger partial charge in [0.05, 0.1) is 12.0 Å². The van der Waals surface area contributed by atoms with Gasteiger partial charge in [-0.25, -0.2) is 0 Å². The number of hydrogen-bond acceptors (Lipinski definition) is 3. The second-order valence-electron chi connectivity index (χ2n) is 3.96. The van der Waals surface area contributed by atoms with Crippen LogP contribution in [0.2, 0.25) is 0 Å². The Morgan fingerprint density at radius 3 is 2.67 bits per heavy atom. The molecule has 0 spiro atoms. The van der Waals surface area contributed by atoms with E-state index in [9.17, 15) is 0 Å². The van der Waals surface area contributed by atoms with Gasteiger partial charge in [0.25, 0.3) is 0 Å².